The maximum Gasteiger partial charge on any atom is 0.491 e. The van der Waals surface area contributed by atoms with E-state index in [-0.39, 0.29) is 25.2 Å². The van der Waals surface area contributed by atoms with Crippen molar-refractivity contribution in [1.82, 2.24) is 49.9 Å². The van der Waals surface area contributed by atoms with E-state index in [0.717, 1.165) is 46.3 Å². The first-order valence-corrected chi connectivity index (χ1v) is 22.7. The molecule has 0 aliphatic carbocycles. The topological polar surface area (TPSA) is 218 Å². The number of nitrogens with zero attached hydrogens (tertiary/aromatic N) is 7. The number of likely N-dealkylation sites (tertiary alicyclic amines) is 2. The number of aromatic nitrogens is 6. The minimum absolute atomic E-state index is 0.0417. The van der Waals surface area contributed by atoms with Crippen molar-refractivity contribution in [2.45, 2.75) is 76.5 Å². The summed E-state index contributed by atoms with van der Waals surface area (Å²) in [6, 6.07) is 19.8. The molecule has 366 valence electrons. The number of carbonyl (C=O) groups excluding carboxylic acids is 5. The molecule has 18 nitrogen and oxygen atoms in total. The van der Waals surface area contributed by atoms with Gasteiger partial charge in [0.05, 0.1) is 72.9 Å². The van der Waals surface area contributed by atoms with Crippen LogP contribution in [0.15, 0.2) is 91.4 Å². The Hall–Kier alpha value is -7.68. The Morgan fingerprint density at radius 2 is 1.47 bits per heavy atom. The summed E-state index contributed by atoms with van der Waals surface area (Å²) in [6.07, 6.45) is 0.0764. The molecule has 2 saturated heterocycles. The van der Waals surface area contributed by atoms with Crippen molar-refractivity contribution in [1.29, 1.82) is 0 Å². The maximum absolute atomic E-state index is 13.9. The van der Waals surface area contributed by atoms with Crippen molar-refractivity contribution >= 4 is 41.0 Å². The number of benzene rings is 3. The summed E-state index contributed by atoms with van der Waals surface area (Å²) >= 11 is 0. The van der Waals surface area contributed by atoms with Crippen LogP contribution >= 0.6 is 0 Å². The van der Waals surface area contributed by atoms with E-state index >= 15 is 0 Å². The molecule has 3 aromatic heterocycles. The second-order valence-corrected chi connectivity index (χ2v) is 17.4. The van der Waals surface area contributed by atoms with Crippen LogP contribution in [0.3, 0.4) is 0 Å². The van der Waals surface area contributed by atoms with Gasteiger partial charge in [-0.2, -0.15) is 13.2 Å². The lowest BCUT2D eigenvalue weighted by atomic mass is 10.0. The van der Waals surface area contributed by atoms with Crippen LogP contribution in [0.4, 0.5) is 22.8 Å². The fourth-order valence-electron chi connectivity index (χ4n) is 8.90. The highest BCUT2D eigenvalue weighted by Crippen LogP contribution is 2.35. The van der Waals surface area contributed by atoms with Crippen LogP contribution in [0.1, 0.15) is 68.8 Å². The Balaban J connectivity index is 0.910. The zero-order valence-corrected chi connectivity index (χ0v) is 38.7. The molecule has 2 aliphatic rings. The highest BCUT2D eigenvalue weighted by Gasteiger charge is 2.45. The number of fused-ring (bicyclic) bond motifs is 1. The van der Waals surface area contributed by atoms with E-state index < -0.39 is 54.3 Å². The third-order valence-electron chi connectivity index (χ3n) is 12.4. The molecule has 3 aromatic carbocycles. The van der Waals surface area contributed by atoms with Crippen molar-refractivity contribution < 1.29 is 51.4 Å². The number of H-pyrrole nitrogens is 2. The van der Waals surface area contributed by atoms with Crippen LogP contribution in [-0.4, -0.2) is 127 Å². The van der Waals surface area contributed by atoms with Gasteiger partial charge in [-0.15, -0.1) is 0 Å². The third kappa shape index (κ3) is 10.8. The molecule has 4 atom stereocenters. The third-order valence-corrected chi connectivity index (χ3v) is 12.4. The Morgan fingerprint density at radius 3 is 2.14 bits per heavy atom. The van der Waals surface area contributed by atoms with E-state index in [1.807, 2.05) is 72.8 Å². The summed E-state index contributed by atoms with van der Waals surface area (Å²) in [4.78, 5) is 93.5. The lowest BCUT2D eigenvalue weighted by Crippen LogP contribution is -2.52. The van der Waals surface area contributed by atoms with Gasteiger partial charge in [0.15, 0.2) is 0 Å². The van der Waals surface area contributed by atoms with Gasteiger partial charge in [-0.25, -0.2) is 29.3 Å². The van der Waals surface area contributed by atoms with Crippen LogP contribution in [0.2, 0.25) is 0 Å². The van der Waals surface area contributed by atoms with E-state index in [4.69, 9.17) is 24.4 Å². The molecule has 0 bridgehead atoms. The molecule has 5 heterocycles. The first kappa shape index (κ1) is 48.8. The number of hydrogen-bond donors (Lipinski definition) is 3. The molecular formula is C49H51F3N10O8. The normalized spacial score (nSPS) is 16.9. The second kappa shape index (κ2) is 20.9. The smallest absolute Gasteiger partial charge is 0.453 e. The Kier molecular flexibility index (Phi) is 14.6. The summed E-state index contributed by atoms with van der Waals surface area (Å²) in [5, 5.41) is 2.63. The number of esters is 1. The number of alkyl halides is 3. The Bertz CT molecular complexity index is 2860. The van der Waals surface area contributed by atoms with Crippen molar-refractivity contribution in [3.05, 3.63) is 109 Å². The molecule has 4 amide bonds. The summed E-state index contributed by atoms with van der Waals surface area (Å²) in [6.45, 7) is 4.33. The molecule has 3 N–H and O–H groups in total. The number of hydrogen-bond acceptors (Lipinski definition) is 12. The molecule has 8 rings (SSSR count). The standard InChI is InChI=1S/C49H51F3N10O8/c1-28(2)41(60(3)48(67)70-46(65)49(50,51)52)45(64)62-21-9-13-40(62)43-54-24-36(57-43)31-16-14-30(15-17-31)35-23-53-34-22-32(18-19-33(34)56-35)37-25-55-42(58-37)39-12-8-20-61(39)44(63)38(59-47(66)68-4)27-69-26-29-10-6-5-7-11-29/h5-7,10-11,14-19,22-25,28,38-41H,8-9,12-13,20-21,26-27H2,1-4H3,(H,54,57)(H,55,58)(H,59,66)/t38-,39+,40+,41+/m1/s1. The van der Waals surface area contributed by atoms with E-state index in [0.29, 0.717) is 66.4 Å². The molecule has 0 radical (unpaired) electrons. The number of rotatable bonds is 14. The van der Waals surface area contributed by atoms with Crippen molar-refractivity contribution in [3.63, 3.8) is 0 Å². The molecule has 2 aliphatic heterocycles. The number of imidazole rings is 2. The number of likely N-dealkylation sites (N-methyl/N-ethyl adjacent to an activating group) is 1. The van der Waals surface area contributed by atoms with Gasteiger partial charge in [-0.1, -0.05) is 74.5 Å². The zero-order chi connectivity index (χ0) is 49.7. The van der Waals surface area contributed by atoms with Crippen LogP contribution in [-0.2, 0) is 35.2 Å². The van der Waals surface area contributed by atoms with Crippen LogP contribution in [0, 0.1) is 5.92 Å². The number of nitrogens with one attached hydrogen (secondary N) is 3. The van der Waals surface area contributed by atoms with E-state index in [2.05, 4.69) is 25.0 Å². The molecular weight excluding hydrogens is 914 g/mol. The summed E-state index contributed by atoms with van der Waals surface area (Å²) in [5.41, 5.74) is 6.68. The quantitative estimate of drug-likeness (QED) is 0.0713. The minimum Gasteiger partial charge on any atom is -0.453 e. The Labute approximate surface area is 399 Å². The van der Waals surface area contributed by atoms with Gasteiger partial charge in [0, 0.05) is 43.0 Å². The molecule has 6 aromatic rings. The first-order chi connectivity index (χ1) is 33.6. The average molecular weight is 965 g/mol. The highest BCUT2D eigenvalue weighted by atomic mass is 19.4. The van der Waals surface area contributed by atoms with Crippen LogP contribution in [0.5, 0.6) is 0 Å². The number of ether oxygens (including phenoxy) is 3. The number of aromatic amines is 2. The van der Waals surface area contributed by atoms with Gasteiger partial charge in [0.2, 0.25) is 11.8 Å². The van der Waals surface area contributed by atoms with Crippen molar-refractivity contribution in [3.8, 4) is 33.8 Å². The van der Waals surface area contributed by atoms with Gasteiger partial charge in [0.25, 0.3) is 0 Å². The number of methoxy groups -OCH3 is 1. The van der Waals surface area contributed by atoms with Crippen LogP contribution < -0.4 is 5.32 Å². The molecule has 0 spiro atoms. The molecule has 21 heteroatoms. The van der Waals surface area contributed by atoms with E-state index in [9.17, 15) is 37.1 Å². The largest absolute Gasteiger partial charge is 0.491 e. The van der Waals surface area contributed by atoms with Crippen molar-refractivity contribution in [2.75, 3.05) is 33.9 Å². The first-order valence-electron chi connectivity index (χ1n) is 22.7. The fraction of sp³-hybridized carbons (Fsp3) is 0.367. The fourth-order valence-corrected chi connectivity index (χ4v) is 8.90. The molecule has 0 saturated carbocycles. The van der Waals surface area contributed by atoms with Gasteiger partial charge in [0.1, 0.15) is 23.7 Å². The Morgan fingerprint density at radius 1 is 0.814 bits per heavy atom. The molecule has 70 heavy (non-hydrogen) atoms. The molecule has 2 fully saturated rings. The van der Waals surface area contributed by atoms with Crippen LogP contribution in [0.25, 0.3) is 44.8 Å². The van der Waals surface area contributed by atoms with Crippen molar-refractivity contribution in [2.24, 2.45) is 5.92 Å². The van der Waals surface area contributed by atoms with Gasteiger partial charge >= 0.3 is 24.3 Å². The average Bonchev–Trinajstić information content (AvgIpc) is 4.21. The molecule has 0 unspecified atom stereocenters. The zero-order valence-electron chi connectivity index (χ0n) is 38.7. The predicted molar refractivity (Wildman–Crippen MR) is 247 cm³/mol. The lowest BCUT2D eigenvalue weighted by Gasteiger charge is -2.34. The SMILES string of the molecule is COC(=O)N[C@H](COCc1ccccc1)C(=O)N1CCC[C@H]1c1ncc(-c2ccc3nc(-c4ccc(-c5c[nH]c([C@@H]6CCCN6C(=O)[C@H](C(C)C)N(C)C(=O)OC(=O)C(F)(F)F)n5)cc4)cnc3c2)[nH]1. The van der Waals surface area contributed by atoms with Gasteiger partial charge < -0.3 is 39.3 Å². The van der Waals surface area contributed by atoms with E-state index in [1.165, 1.54) is 7.11 Å². The monoisotopic (exact) mass is 964 g/mol. The van der Waals surface area contributed by atoms with Gasteiger partial charge in [-0.05, 0) is 49.3 Å². The van der Waals surface area contributed by atoms with E-state index in [1.54, 1.807) is 42.2 Å². The number of amides is 4. The number of carbonyl (C=O) groups is 5. The maximum atomic E-state index is 13.9. The highest BCUT2D eigenvalue weighted by molar-refractivity contribution is 5.91. The second-order valence-electron chi connectivity index (χ2n) is 17.4. The summed E-state index contributed by atoms with van der Waals surface area (Å²) < 4.78 is 53.0. The lowest BCUT2D eigenvalue weighted by molar-refractivity contribution is -0.194. The van der Waals surface area contributed by atoms with Gasteiger partial charge in [-0.3, -0.25) is 19.5 Å². The number of halogens is 3. The summed E-state index contributed by atoms with van der Waals surface area (Å²) in [7, 11) is 2.37. The predicted octanol–water partition coefficient (Wildman–Crippen LogP) is 7.53. The number of alkyl carbamates (subject to hydrolysis) is 1. The summed E-state index contributed by atoms with van der Waals surface area (Å²) in [5.74, 6) is -2.87. The minimum atomic E-state index is -5.37.